The van der Waals surface area contributed by atoms with Crippen LogP contribution in [0, 0.1) is 34.9 Å². The van der Waals surface area contributed by atoms with Gasteiger partial charge in [0.25, 0.3) is 0 Å². The van der Waals surface area contributed by atoms with E-state index < -0.39 is 52.6 Å². The number of hydrogen-bond donors (Lipinski definition) is 1. The largest absolute Gasteiger partial charge is 0.503 e. The Kier molecular flexibility index (Phi) is 7.45. The lowest BCUT2D eigenvalue weighted by Gasteiger charge is -2.49. The molecule has 2 aliphatic carbocycles. The first-order chi connectivity index (χ1) is 21.9. The summed E-state index contributed by atoms with van der Waals surface area (Å²) in [6.45, 7) is 1.74. The molecule has 2 saturated heterocycles. The van der Waals surface area contributed by atoms with Gasteiger partial charge in [-0.15, -0.1) is 0 Å². The predicted octanol–water partition coefficient (Wildman–Crippen LogP) is 7.15. The Morgan fingerprint density at radius 3 is 2.30 bits per heavy atom. The average Bonchev–Trinajstić information content (AvgIpc) is 3.40. The molecular formula is C34H26Br2ClFN2O6. The van der Waals surface area contributed by atoms with Crippen molar-refractivity contribution < 1.29 is 33.4 Å². The van der Waals surface area contributed by atoms with E-state index in [4.69, 9.17) is 16.3 Å². The van der Waals surface area contributed by atoms with E-state index >= 15 is 0 Å². The molecule has 1 saturated carbocycles. The van der Waals surface area contributed by atoms with Gasteiger partial charge < -0.3 is 9.84 Å². The third-order valence-corrected chi connectivity index (χ3v) is 11.5. The normalized spacial score (nSPS) is 28.7. The molecule has 0 spiro atoms. The Hall–Kier alpha value is -3.54. The lowest BCUT2D eigenvalue weighted by molar-refractivity contribution is -0.131. The highest BCUT2D eigenvalue weighted by molar-refractivity contribution is 9.10. The minimum atomic E-state index is -1.34. The SMILES string of the molecule is COc1cc([C@H]2C3=CC[C@@H]4C(=O)N(c5ccc(Br)cc5)C(=O)[C@@H]4[C@@H]3C[C@H]3C(=O)N(c4ccc(F)c(Cl)c4)C(=O)[C@@]23C)cc(Br)c1O. The molecule has 236 valence electrons. The number of allylic oxidation sites excluding steroid dienone is 2. The fourth-order valence-corrected chi connectivity index (χ4v) is 8.93. The number of methoxy groups -OCH3 is 1. The van der Waals surface area contributed by atoms with E-state index in [2.05, 4.69) is 31.9 Å². The number of halogens is 4. The summed E-state index contributed by atoms with van der Waals surface area (Å²) in [7, 11) is 1.41. The van der Waals surface area contributed by atoms with Crippen LogP contribution in [0.15, 0.2) is 75.2 Å². The molecule has 8 nitrogen and oxygen atoms in total. The molecule has 0 unspecified atom stereocenters. The molecule has 3 aromatic rings. The second-order valence-corrected chi connectivity index (χ2v) is 14.5. The van der Waals surface area contributed by atoms with E-state index in [0.29, 0.717) is 15.7 Å². The highest BCUT2D eigenvalue weighted by atomic mass is 79.9. The van der Waals surface area contributed by atoms with Gasteiger partial charge in [0.15, 0.2) is 11.5 Å². The van der Waals surface area contributed by atoms with Crippen molar-refractivity contribution >= 4 is 78.5 Å². The van der Waals surface area contributed by atoms with Crippen LogP contribution in [0.25, 0.3) is 0 Å². The molecule has 7 rings (SSSR count). The van der Waals surface area contributed by atoms with Crippen molar-refractivity contribution in [2.24, 2.45) is 29.1 Å². The lowest BCUT2D eigenvalue weighted by Crippen LogP contribution is -2.48. The number of nitrogens with zero attached hydrogens (tertiary/aromatic N) is 2. The summed E-state index contributed by atoms with van der Waals surface area (Å²) in [6, 6.07) is 13.9. The molecule has 2 heterocycles. The summed E-state index contributed by atoms with van der Waals surface area (Å²) in [5.41, 5.74) is 0.628. The van der Waals surface area contributed by atoms with Crippen molar-refractivity contribution in [3.63, 3.8) is 0 Å². The number of phenols is 1. The molecule has 0 aromatic heterocycles. The van der Waals surface area contributed by atoms with Gasteiger partial charge in [-0.2, -0.15) is 0 Å². The van der Waals surface area contributed by atoms with Gasteiger partial charge in [0, 0.05) is 10.4 Å². The van der Waals surface area contributed by atoms with Crippen LogP contribution >= 0.6 is 43.5 Å². The Labute approximate surface area is 285 Å². The number of benzene rings is 3. The number of carbonyl (C=O) groups is 4. The summed E-state index contributed by atoms with van der Waals surface area (Å²) in [4.78, 5) is 59.1. The summed E-state index contributed by atoms with van der Waals surface area (Å²) >= 11 is 12.9. The number of ether oxygens (including phenoxy) is 1. The smallest absolute Gasteiger partial charge is 0.241 e. The summed E-state index contributed by atoms with van der Waals surface area (Å²) in [6.07, 6.45) is 2.37. The number of amides is 4. The fourth-order valence-electron chi connectivity index (χ4n) is 8.03. The summed E-state index contributed by atoms with van der Waals surface area (Å²) < 4.78 is 20.7. The standard InChI is InChI=1S/C34H26Br2ClFN2O6/c1-34-22(31(43)40(33(34)45)18-7-10-25(38)24(37)13-18)14-21-19(28(34)15-11-23(36)29(41)26(12-15)46-2)8-9-20-27(21)32(44)39(30(20)42)17-5-3-16(35)4-6-17/h3-8,10-13,20-22,27-28,41H,9,14H2,1-2H3/t20-,21+,22-,27-,28-,34+/m0/s1. The Morgan fingerprint density at radius 1 is 0.935 bits per heavy atom. The van der Waals surface area contributed by atoms with Crippen LogP contribution in [-0.4, -0.2) is 35.8 Å². The van der Waals surface area contributed by atoms with Crippen molar-refractivity contribution in [2.45, 2.75) is 25.7 Å². The van der Waals surface area contributed by atoms with E-state index in [1.165, 1.54) is 24.1 Å². The Balaban J connectivity index is 1.39. The molecule has 12 heteroatoms. The molecule has 0 bridgehead atoms. The van der Waals surface area contributed by atoms with Crippen molar-refractivity contribution in [2.75, 3.05) is 16.9 Å². The van der Waals surface area contributed by atoms with Crippen LogP contribution in [-0.2, 0) is 19.2 Å². The zero-order valence-electron chi connectivity index (χ0n) is 24.5. The molecule has 4 amide bonds. The van der Waals surface area contributed by atoms with Crippen molar-refractivity contribution in [3.8, 4) is 11.5 Å². The quantitative estimate of drug-likeness (QED) is 0.223. The molecule has 46 heavy (non-hydrogen) atoms. The van der Waals surface area contributed by atoms with Crippen molar-refractivity contribution in [1.29, 1.82) is 0 Å². The molecule has 3 aromatic carbocycles. The van der Waals surface area contributed by atoms with Crippen molar-refractivity contribution in [1.82, 2.24) is 0 Å². The van der Waals surface area contributed by atoms with E-state index in [1.807, 2.05) is 6.08 Å². The first-order valence-corrected chi connectivity index (χ1v) is 16.6. The average molecular weight is 773 g/mol. The predicted molar refractivity (Wildman–Crippen MR) is 175 cm³/mol. The van der Waals surface area contributed by atoms with Crippen LogP contribution in [0.3, 0.4) is 0 Å². The Morgan fingerprint density at radius 2 is 1.63 bits per heavy atom. The number of hydrogen-bond acceptors (Lipinski definition) is 6. The van der Waals surface area contributed by atoms with Crippen LogP contribution in [0.5, 0.6) is 11.5 Å². The van der Waals surface area contributed by atoms with Crippen LogP contribution < -0.4 is 14.5 Å². The molecule has 0 radical (unpaired) electrons. The number of fused-ring (bicyclic) bond motifs is 4. The maximum atomic E-state index is 14.6. The minimum Gasteiger partial charge on any atom is -0.503 e. The molecule has 6 atom stereocenters. The maximum Gasteiger partial charge on any atom is 0.241 e. The van der Waals surface area contributed by atoms with Gasteiger partial charge in [0.05, 0.1) is 51.1 Å². The highest BCUT2D eigenvalue weighted by Gasteiger charge is 2.67. The molecule has 2 aliphatic heterocycles. The number of imide groups is 2. The molecule has 4 aliphatic rings. The first kappa shape index (κ1) is 31.1. The minimum absolute atomic E-state index is 0.129. The number of carbonyl (C=O) groups excluding carboxylic acids is 4. The monoisotopic (exact) mass is 770 g/mol. The number of anilines is 2. The van der Waals surface area contributed by atoms with Gasteiger partial charge in [0.1, 0.15) is 5.82 Å². The molecule has 3 fully saturated rings. The number of rotatable bonds is 4. The highest BCUT2D eigenvalue weighted by Crippen LogP contribution is 2.64. The topological polar surface area (TPSA) is 104 Å². The molecular weight excluding hydrogens is 747 g/mol. The fraction of sp³-hybridized carbons (Fsp3) is 0.294. The van der Waals surface area contributed by atoms with Gasteiger partial charge in [-0.05, 0) is 102 Å². The maximum absolute atomic E-state index is 14.6. The van der Waals surface area contributed by atoms with Gasteiger partial charge >= 0.3 is 0 Å². The first-order valence-electron chi connectivity index (χ1n) is 14.6. The van der Waals surface area contributed by atoms with Crippen LogP contribution in [0.4, 0.5) is 15.8 Å². The second-order valence-electron chi connectivity index (χ2n) is 12.3. The van der Waals surface area contributed by atoms with E-state index in [0.717, 1.165) is 21.0 Å². The van der Waals surface area contributed by atoms with E-state index in [1.54, 1.807) is 43.3 Å². The third-order valence-electron chi connectivity index (χ3n) is 10.1. The van der Waals surface area contributed by atoms with Crippen LogP contribution in [0.2, 0.25) is 5.02 Å². The van der Waals surface area contributed by atoms with Gasteiger partial charge in [0.2, 0.25) is 23.6 Å². The lowest BCUT2D eigenvalue weighted by atomic mass is 9.51. The van der Waals surface area contributed by atoms with Crippen LogP contribution in [0.1, 0.15) is 31.2 Å². The second kappa shape index (κ2) is 11.0. The third kappa shape index (κ3) is 4.34. The van der Waals surface area contributed by atoms with Crippen molar-refractivity contribution in [3.05, 3.63) is 91.6 Å². The van der Waals surface area contributed by atoms with Gasteiger partial charge in [-0.25, -0.2) is 9.29 Å². The summed E-state index contributed by atoms with van der Waals surface area (Å²) in [5.74, 6) is -5.83. The Bertz CT molecular complexity index is 1900. The number of aromatic hydroxyl groups is 1. The zero-order valence-corrected chi connectivity index (χ0v) is 28.4. The summed E-state index contributed by atoms with van der Waals surface area (Å²) in [5, 5.41) is 10.4. The van der Waals surface area contributed by atoms with E-state index in [-0.39, 0.29) is 46.9 Å². The zero-order chi connectivity index (χ0) is 32.8. The van der Waals surface area contributed by atoms with Gasteiger partial charge in [-0.3, -0.25) is 24.1 Å². The van der Waals surface area contributed by atoms with Gasteiger partial charge in [-0.1, -0.05) is 39.2 Å². The number of phenolic OH excluding ortho intramolecular Hbond substituents is 1. The molecule has 1 N–H and O–H groups in total. The van der Waals surface area contributed by atoms with E-state index in [9.17, 15) is 28.7 Å².